The smallest absolute Gasteiger partial charge is 0.185 e. The number of carbonyl (C=O) groups is 2. The van der Waals surface area contributed by atoms with Gasteiger partial charge in [0.25, 0.3) is 0 Å². The van der Waals surface area contributed by atoms with Crippen LogP contribution in [0.3, 0.4) is 0 Å². The normalized spacial score (nSPS) is 10.6. The molecule has 0 spiro atoms. The number of methoxy groups -OCH3 is 1. The molecule has 96 valence electrons. The first-order chi connectivity index (χ1) is 8.67. The van der Waals surface area contributed by atoms with Crippen molar-refractivity contribution in [3.63, 3.8) is 0 Å². The van der Waals surface area contributed by atoms with E-state index < -0.39 is 0 Å². The van der Waals surface area contributed by atoms with Crippen LogP contribution in [0.15, 0.2) is 24.3 Å². The van der Waals surface area contributed by atoms with Gasteiger partial charge in [0.15, 0.2) is 11.4 Å². The van der Waals surface area contributed by atoms with Crippen molar-refractivity contribution in [1.29, 1.82) is 0 Å². The monoisotopic (exact) mass is 264 g/mol. The van der Waals surface area contributed by atoms with E-state index in [9.17, 15) is 9.59 Å². The van der Waals surface area contributed by atoms with Crippen molar-refractivity contribution >= 4 is 29.2 Å². The van der Waals surface area contributed by atoms with E-state index in [2.05, 4.69) is 0 Å². The molecule has 3 nitrogen and oxygen atoms in total. The van der Waals surface area contributed by atoms with Gasteiger partial charge in [0.1, 0.15) is 5.75 Å². The molecule has 0 saturated carbocycles. The van der Waals surface area contributed by atoms with E-state index in [0.717, 1.165) is 24.0 Å². The van der Waals surface area contributed by atoms with Crippen LogP contribution in [-0.4, -0.2) is 24.3 Å². The summed E-state index contributed by atoms with van der Waals surface area (Å²) in [6.45, 7) is 1.56. The molecule has 0 aliphatic heterocycles. The first-order valence-electron chi connectivity index (χ1n) is 5.60. The number of ether oxygens (including phenoxy) is 1. The molecule has 1 aromatic carbocycles. The zero-order valence-electron chi connectivity index (χ0n) is 10.5. The first kappa shape index (κ1) is 14.5. The maximum Gasteiger partial charge on any atom is 0.185 e. The summed E-state index contributed by atoms with van der Waals surface area (Å²) in [7, 11) is 1.54. The van der Waals surface area contributed by atoms with Crippen LogP contribution in [0.5, 0.6) is 5.75 Å². The van der Waals surface area contributed by atoms with Gasteiger partial charge in [-0.25, -0.2) is 0 Å². The molecule has 0 bridgehead atoms. The van der Waals surface area contributed by atoms with E-state index in [1.807, 2.05) is 18.2 Å². The topological polar surface area (TPSA) is 43.4 Å². The van der Waals surface area contributed by atoms with E-state index in [0.29, 0.717) is 11.3 Å². The Morgan fingerprint density at radius 2 is 2.22 bits per heavy atom. The number of benzene rings is 1. The Labute approximate surface area is 111 Å². The lowest BCUT2D eigenvalue weighted by molar-refractivity contribution is -0.109. The lowest BCUT2D eigenvalue weighted by atomic mass is 10.1. The fourth-order valence-electron chi connectivity index (χ4n) is 1.44. The average Bonchev–Trinajstić information content (AvgIpc) is 2.37. The molecule has 0 aliphatic rings. The highest BCUT2D eigenvalue weighted by molar-refractivity contribution is 8.13. The Balaban J connectivity index is 2.59. The molecule has 0 unspecified atom stereocenters. The second-order valence-corrected chi connectivity index (χ2v) is 4.92. The van der Waals surface area contributed by atoms with Gasteiger partial charge >= 0.3 is 0 Å². The third-order valence-electron chi connectivity index (χ3n) is 2.28. The van der Waals surface area contributed by atoms with Crippen LogP contribution >= 0.6 is 11.8 Å². The van der Waals surface area contributed by atoms with Crippen molar-refractivity contribution in [2.75, 3.05) is 12.9 Å². The summed E-state index contributed by atoms with van der Waals surface area (Å²) in [6.07, 6.45) is 5.54. The van der Waals surface area contributed by atoms with Crippen LogP contribution in [-0.2, 0) is 4.79 Å². The number of thioether (sulfide) groups is 1. The van der Waals surface area contributed by atoms with E-state index in [4.69, 9.17) is 4.74 Å². The molecule has 1 rings (SSSR count). The van der Waals surface area contributed by atoms with Gasteiger partial charge in [-0.2, -0.15) is 0 Å². The van der Waals surface area contributed by atoms with Crippen LogP contribution in [0.1, 0.15) is 29.3 Å². The van der Waals surface area contributed by atoms with Gasteiger partial charge in [-0.3, -0.25) is 9.59 Å². The Morgan fingerprint density at radius 3 is 2.83 bits per heavy atom. The number of aldehydes is 1. The van der Waals surface area contributed by atoms with Crippen LogP contribution in [0.4, 0.5) is 0 Å². The fourth-order valence-corrected chi connectivity index (χ4v) is 1.98. The number of hydrogen-bond donors (Lipinski definition) is 0. The largest absolute Gasteiger partial charge is 0.496 e. The van der Waals surface area contributed by atoms with Gasteiger partial charge in [0, 0.05) is 12.7 Å². The standard InChI is InChI=1S/C14H16O3S/c1-11(16)18-8-4-3-5-12-6-7-14(17-2)13(9-12)10-15/h3,5-7,9-10H,4,8H2,1-2H3. The quantitative estimate of drug-likeness (QED) is 0.584. The zero-order valence-corrected chi connectivity index (χ0v) is 11.3. The summed E-state index contributed by atoms with van der Waals surface area (Å²) in [6, 6.07) is 5.44. The molecule has 0 saturated heterocycles. The van der Waals surface area contributed by atoms with Gasteiger partial charge < -0.3 is 4.74 Å². The molecule has 0 atom stereocenters. The van der Waals surface area contributed by atoms with Crippen molar-refractivity contribution in [3.05, 3.63) is 35.4 Å². The molecular formula is C14H16O3S. The first-order valence-corrected chi connectivity index (χ1v) is 6.59. The SMILES string of the molecule is COc1ccc(C=CCCSC(C)=O)cc1C=O. The van der Waals surface area contributed by atoms with Gasteiger partial charge in [-0.15, -0.1) is 0 Å². The number of rotatable bonds is 6. The molecule has 18 heavy (non-hydrogen) atoms. The minimum absolute atomic E-state index is 0.135. The van der Waals surface area contributed by atoms with Crippen molar-refractivity contribution in [3.8, 4) is 5.75 Å². The summed E-state index contributed by atoms with van der Waals surface area (Å²) in [5.41, 5.74) is 1.49. The van der Waals surface area contributed by atoms with Gasteiger partial charge in [0.05, 0.1) is 12.7 Å². The Kier molecular flexibility index (Phi) is 6.22. The third-order valence-corrected chi connectivity index (χ3v) is 3.13. The minimum Gasteiger partial charge on any atom is -0.496 e. The Hall–Kier alpha value is -1.55. The summed E-state index contributed by atoms with van der Waals surface area (Å²) in [4.78, 5) is 21.6. The molecule has 0 fully saturated rings. The maximum absolute atomic E-state index is 10.8. The maximum atomic E-state index is 10.8. The van der Waals surface area contributed by atoms with E-state index in [1.165, 1.54) is 18.9 Å². The minimum atomic E-state index is 0.135. The molecule has 0 amide bonds. The van der Waals surface area contributed by atoms with Gasteiger partial charge in [-0.1, -0.05) is 30.0 Å². The van der Waals surface area contributed by atoms with Gasteiger partial charge in [0.2, 0.25) is 0 Å². The van der Waals surface area contributed by atoms with Crippen LogP contribution in [0.2, 0.25) is 0 Å². The predicted octanol–water partition coefficient (Wildman–Crippen LogP) is 3.19. The molecule has 0 heterocycles. The molecular weight excluding hydrogens is 248 g/mol. The third kappa shape index (κ3) is 4.75. The van der Waals surface area contributed by atoms with Crippen molar-refractivity contribution in [2.24, 2.45) is 0 Å². The van der Waals surface area contributed by atoms with Crippen molar-refractivity contribution < 1.29 is 14.3 Å². The highest BCUT2D eigenvalue weighted by Crippen LogP contribution is 2.18. The number of hydrogen-bond acceptors (Lipinski definition) is 4. The Morgan fingerprint density at radius 1 is 1.44 bits per heavy atom. The predicted molar refractivity (Wildman–Crippen MR) is 75.2 cm³/mol. The highest BCUT2D eigenvalue weighted by atomic mass is 32.2. The van der Waals surface area contributed by atoms with E-state index in [1.54, 1.807) is 19.1 Å². The van der Waals surface area contributed by atoms with Gasteiger partial charge in [-0.05, 0) is 24.1 Å². The van der Waals surface area contributed by atoms with E-state index in [-0.39, 0.29) is 5.12 Å². The molecule has 0 radical (unpaired) electrons. The Bertz CT molecular complexity index is 452. The molecule has 1 aromatic rings. The van der Waals surface area contributed by atoms with Crippen LogP contribution in [0.25, 0.3) is 6.08 Å². The highest BCUT2D eigenvalue weighted by Gasteiger charge is 2.01. The number of carbonyl (C=O) groups excluding carboxylic acids is 2. The van der Waals surface area contributed by atoms with E-state index >= 15 is 0 Å². The summed E-state index contributed by atoms with van der Waals surface area (Å²) in [5, 5.41) is 0.135. The second kappa shape index (κ2) is 7.71. The zero-order chi connectivity index (χ0) is 13.4. The summed E-state index contributed by atoms with van der Waals surface area (Å²) < 4.78 is 5.06. The van der Waals surface area contributed by atoms with Crippen LogP contribution < -0.4 is 4.74 Å². The summed E-state index contributed by atoms with van der Waals surface area (Å²) >= 11 is 1.31. The molecule has 4 heteroatoms. The molecule has 0 aromatic heterocycles. The number of allylic oxidation sites excluding steroid dienone is 1. The fraction of sp³-hybridized carbons (Fsp3) is 0.286. The lowest BCUT2D eigenvalue weighted by Gasteiger charge is -2.03. The average molecular weight is 264 g/mol. The van der Waals surface area contributed by atoms with Crippen molar-refractivity contribution in [1.82, 2.24) is 0 Å². The summed E-state index contributed by atoms with van der Waals surface area (Å²) in [5.74, 6) is 1.36. The molecule has 0 aliphatic carbocycles. The van der Waals surface area contributed by atoms with Crippen molar-refractivity contribution in [2.45, 2.75) is 13.3 Å². The molecule has 0 N–H and O–H groups in total. The van der Waals surface area contributed by atoms with Crippen LogP contribution in [0, 0.1) is 0 Å². The lowest BCUT2D eigenvalue weighted by Crippen LogP contribution is -1.90. The second-order valence-electron chi connectivity index (χ2n) is 3.65.